The molecule has 3 atom stereocenters. The smallest absolute Gasteiger partial charge is 0.0363 e. The third kappa shape index (κ3) is 13.3. The maximum Gasteiger partial charge on any atom is -0.0363 e. The highest BCUT2D eigenvalue weighted by Gasteiger charge is 2.24. The van der Waals surface area contributed by atoms with Crippen LogP contribution in [0.1, 0.15) is 127 Å². The van der Waals surface area contributed by atoms with Gasteiger partial charge in [0.1, 0.15) is 0 Å². The van der Waals surface area contributed by atoms with Crippen LogP contribution in [0.2, 0.25) is 0 Å². The Hall–Kier alpha value is 0. The molecule has 0 rings (SSSR count). The van der Waals surface area contributed by atoms with Crippen molar-refractivity contribution in [2.75, 3.05) is 0 Å². The fourth-order valence-corrected chi connectivity index (χ4v) is 3.77. The molecule has 0 aromatic heterocycles. The standard InChI is InChI=1S/C22H46.C2H6/c1-8-10-12-13-15-22(19(5)6)21(14-11-9-2)17-16-20(7)18(3)4;1-2/h18-22H,8-17H2,1-7H3;1-2H3. The van der Waals surface area contributed by atoms with Crippen LogP contribution in [0.4, 0.5) is 0 Å². The molecular weight excluding hydrogens is 288 g/mol. The minimum atomic E-state index is 0.842. The van der Waals surface area contributed by atoms with Crippen LogP contribution in [0.25, 0.3) is 0 Å². The molecule has 0 N–H and O–H groups in total. The first-order valence-electron chi connectivity index (χ1n) is 11.4. The summed E-state index contributed by atoms with van der Waals surface area (Å²) in [4.78, 5) is 0. The van der Waals surface area contributed by atoms with E-state index in [2.05, 4.69) is 48.5 Å². The predicted molar refractivity (Wildman–Crippen MR) is 115 cm³/mol. The molecule has 0 radical (unpaired) electrons. The lowest BCUT2D eigenvalue weighted by molar-refractivity contribution is 0.188. The Morgan fingerprint density at radius 3 is 1.58 bits per heavy atom. The molecule has 3 unspecified atom stereocenters. The summed E-state index contributed by atoms with van der Waals surface area (Å²) in [5, 5.41) is 0. The van der Waals surface area contributed by atoms with Gasteiger partial charge in [-0.15, -0.1) is 0 Å². The van der Waals surface area contributed by atoms with E-state index in [0.29, 0.717) is 0 Å². The second kappa shape index (κ2) is 17.8. The third-order valence-corrected chi connectivity index (χ3v) is 5.91. The van der Waals surface area contributed by atoms with Gasteiger partial charge in [-0.1, -0.05) is 114 Å². The SMILES string of the molecule is CC.CCCCCCC(C(C)C)C(CCCC)CCC(C)C(C)C. The van der Waals surface area contributed by atoms with Crippen LogP contribution < -0.4 is 0 Å². The van der Waals surface area contributed by atoms with E-state index in [1.165, 1.54) is 64.2 Å². The summed E-state index contributed by atoms with van der Waals surface area (Å²) in [5.41, 5.74) is 0. The first-order chi connectivity index (χ1) is 11.4. The topological polar surface area (TPSA) is 0 Å². The molecule has 0 bridgehead atoms. The van der Waals surface area contributed by atoms with E-state index in [-0.39, 0.29) is 0 Å². The van der Waals surface area contributed by atoms with Crippen molar-refractivity contribution in [2.45, 2.75) is 127 Å². The fourth-order valence-electron chi connectivity index (χ4n) is 3.77. The normalized spacial score (nSPS) is 15.1. The van der Waals surface area contributed by atoms with Crippen molar-refractivity contribution < 1.29 is 0 Å². The van der Waals surface area contributed by atoms with Crippen LogP contribution in [-0.4, -0.2) is 0 Å². The Balaban J connectivity index is 0. The summed E-state index contributed by atoms with van der Waals surface area (Å²) in [6.07, 6.45) is 14.3. The van der Waals surface area contributed by atoms with E-state index in [1.54, 1.807) is 0 Å². The lowest BCUT2D eigenvalue weighted by Crippen LogP contribution is -2.22. The number of hydrogen-bond acceptors (Lipinski definition) is 0. The van der Waals surface area contributed by atoms with E-state index < -0.39 is 0 Å². The van der Waals surface area contributed by atoms with Gasteiger partial charge in [-0.3, -0.25) is 0 Å². The molecule has 0 aliphatic heterocycles. The lowest BCUT2D eigenvalue weighted by Gasteiger charge is -2.32. The monoisotopic (exact) mass is 340 g/mol. The van der Waals surface area contributed by atoms with E-state index in [9.17, 15) is 0 Å². The van der Waals surface area contributed by atoms with Gasteiger partial charge >= 0.3 is 0 Å². The Bertz CT molecular complexity index is 228. The van der Waals surface area contributed by atoms with Gasteiger partial charge in [0, 0.05) is 0 Å². The maximum atomic E-state index is 2.47. The van der Waals surface area contributed by atoms with Crippen LogP contribution in [-0.2, 0) is 0 Å². The van der Waals surface area contributed by atoms with Gasteiger partial charge in [0.15, 0.2) is 0 Å². The highest BCUT2D eigenvalue weighted by Crippen LogP contribution is 2.35. The van der Waals surface area contributed by atoms with Crippen molar-refractivity contribution in [1.82, 2.24) is 0 Å². The van der Waals surface area contributed by atoms with Crippen LogP contribution in [0.15, 0.2) is 0 Å². The number of unbranched alkanes of at least 4 members (excludes halogenated alkanes) is 4. The molecule has 0 amide bonds. The second-order valence-electron chi connectivity index (χ2n) is 8.46. The largest absolute Gasteiger partial charge is 0.0683 e. The third-order valence-electron chi connectivity index (χ3n) is 5.91. The number of rotatable bonds is 14. The molecule has 148 valence electrons. The molecule has 24 heavy (non-hydrogen) atoms. The predicted octanol–water partition coefficient (Wildman–Crippen LogP) is 9.13. The highest BCUT2D eigenvalue weighted by atomic mass is 14.3. The van der Waals surface area contributed by atoms with E-state index >= 15 is 0 Å². The average molecular weight is 341 g/mol. The lowest BCUT2D eigenvalue weighted by atomic mass is 9.74. The molecule has 0 fully saturated rings. The van der Waals surface area contributed by atoms with E-state index in [1.807, 2.05) is 13.8 Å². The summed E-state index contributed by atoms with van der Waals surface area (Å²) in [6.45, 7) is 20.8. The van der Waals surface area contributed by atoms with Crippen molar-refractivity contribution in [3.05, 3.63) is 0 Å². The summed E-state index contributed by atoms with van der Waals surface area (Å²) in [7, 11) is 0. The Morgan fingerprint density at radius 2 is 1.12 bits per heavy atom. The zero-order valence-corrected chi connectivity index (χ0v) is 19.0. The van der Waals surface area contributed by atoms with Gasteiger partial charge < -0.3 is 0 Å². The molecule has 0 nitrogen and oxygen atoms in total. The quantitative estimate of drug-likeness (QED) is 0.276. The van der Waals surface area contributed by atoms with Gasteiger partial charge in [-0.05, 0) is 42.4 Å². The molecule has 0 saturated heterocycles. The van der Waals surface area contributed by atoms with Crippen molar-refractivity contribution in [1.29, 1.82) is 0 Å². The number of hydrogen-bond donors (Lipinski definition) is 0. The van der Waals surface area contributed by atoms with Gasteiger partial charge in [0.2, 0.25) is 0 Å². The molecule has 0 aromatic rings. The molecule has 0 spiro atoms. The van der Waals surface area contributed by atoms with Crippen LogP contribution in [0.5, 0.6) is 0 Å². The summed E-state index contributed by atoms with van der Waals surface area (Å²) < 4.78 is 0. The van der Waals surface area contributed by atoms with Crippen molar-refractivity contribution in [3.63, 3.8) is 0 Å². The molecular formula is C24H52. The van der Waals surface area contributed by atoms with Gasteiger partial charge in [0.05, 0.1) is 0 Å². The van der Waals surface area contributed by atoms with E-state index in [4.69, 9.17) is 0 Å². The summed E-state index contributed by atoms with van der Waals surface area (Å²) >= 11 is 0. The molecule has 0 saturated carbocycles. The molecule has 0 aromatic carbocycles. The first kappa shape index (κ1) is 26.2. The van der Waals surface area contributed by atoms with Gasteiger partial charge in [-0.2, -0.15) is 0 Å². The van der Waals surface area contributed by atoms with Crippen molar-refractivity contribution in [3.8, 4) is 0 Å². The first-order valence-corrected chi connectivity index (χ1v) is 11.4. The Kier molecular flexibility index (Phi) is 19.5. The van der Waals surface area contributed by atoms with Crippen LogP contribution >= 0.6 is 0 Å². The minimum absolute atomic E-state index is 0.842. The molecule has 0 heteroatoms. The van der Waals surface area contributed by atoms with Crippen LogP contribution in [0.3, 0.4) is 0 Å². The fraction of sp³-hybridized carbons (Fsp3) is 1.00. The Labute approximate surface area is 156 Å². The average Bonchev–Trinajstić information content (AvgIpc) is 2.57. The van der Waals surface area contributed by atoms with Gasteiger partial charge in [0.25, 0.3) is 0 Å². The summed E-state index contributed by atoms with van der Waals surface area (Å²) in [5.74, 6) is 4.52. The Morgan fingerprint density at radius 1 is 0.542 bits per heavy atom. The maximum absolute atomic E-state index is 2.47. The molecule has 0 aliphatic rings. The minimum Gasteiger partial charge on any atom is -0.0683 e. The van der Waals surface area contributed by atoms with Crippen LogP contribution in [0, 0.1) is 29.6 Å². The highest BCUT2D eigenvalue weighted by molar-refractivity contribution is 4.75. The van der Waals surface area contributed by atoms with Crippen molar-refractivity contribution in [2.24, 2.45) is 29.6 Å². The zero-order chi connectivity index (χ0) is 19.0. The van der Waals surface area contributed by atoms with Crippen molar-refractivity contribution >= 4 is 0 Å². The van der Waals surface area contributed by atoms with E-state index in [0.717, 1.165) is 29.6 Å². The zero-order valence-electron chi connectivity index (χ0n) is 19.0. The molecule has 0 heterocycles. The second-order valence-corrected chi connectivity index (χ2v) is 8.46. The summed E-state index contributed by atoms with van der Waals surface area (Å²) in [6, 6.07) is 0. The van der Waals surface area contributed by atoms with Gasteiger partial charge in [-0.25, -0.2) is 0 Å². The molecule has 0 aliphatic carbocycles.